The van der Waals surface area contributed by atoms with E-state index in [9.17, 15) is 20.1 Å². The van der Waals surface area contributed by atoms with Crippen molar-refractivity contribution in [3.8, 4) is 51.7 Å². The number of nitrogens with two attached hydrogens (primary N) is 1. The molecular formula is C63H72N4O8S2. The molecular weight excluding hydrogens is 1000 g/mol. The zero-order valence-corrected chi connectivity index (χ0v) is 45.8. The second kappa shape index (κ2) is 22.3. The summed E-state index contributed by atoms with van der Waals surface area (Å²) >= 11 is 0. The quantitative estimate of drug-likeness (QED) is 0.0327. The summed E-state index contributed by atoms with van der Waals surface area (Å²) < 4.78 is 27.4. The normalized spacial score (nSPS) is 28.4. The Morgan fingerprint density at radius 2 is 1.88 bits per heavy atom. The molecule has 5 aliphatic heterocycles. The standard InChI is InChI=1S/C63H72N4O8S2/c1-36(69)73-33-50-46-17-18-47-56-40(28-42(70)29-53(56)72-2)31-63-24-23-39(30-63)43(16-15-37-9-4-3-5-10-37)44-20-22-55(64)67-51(44)14-7-13-45-49(32-65-25-8-26-68)59(71)62-48(57(45)60(50)75-61(46)58(47)63)19-21-52-54(74-62)35-77-76-34-38-11-6-12-41(27-38)66-52/h3-5,9-10,17-22,28-29,38-39,41,43,50,52,54-55,60,65-68,70-71H,6,8,11-13,15-16,23-27,30-35,64H2,1-2H3/t38-,39-,41-,43-,50-,52-,54+,55?,60-,63-/m0/s1. The summed E-state index contributed by atoms with van der Waals surface area (Å²) in [6.07, 6.45) is 17.8. The fourth-order valence-corrected chi connectivity index (χ4v) is 17.1. The molecule has 404 valence electrons. The maximum atomic E-state index is 13.1. The molecule has 77 heavy (non-hydrogen) atoms. The van der Waals surface area contributed by atoms with Gasteiger partial charge in [0.2, 0.25) is 0 Å². The minimum absolute atomic E-state index is 0.0255. The number of phenols is 2. The van der Waals surface area contributed by atoms with Crippen LogP contribution < -0.4 is 35.9 Å². The molecule has 5 heterocycles. The Hall–Kier alpha value is -5.53. The van der Waals surface area contributed by atoms with Gasteiger partial charge in [-0.2, -0.15) is 0 Å². The number of allylic oxidation sites excluding steroid dienone is 3. The van der Waals surface area contributed by atoms with E-state index in [1.807, 2.05) is 27.7 Å². The van der Waals surface area contributed by atoms with Crippen molar-refractivity contribution >= 4 is 33.6 Å². The minimum atomic E-state index is -0.708. The van der Waals surface area contributed by atoms with Crippen molar-refractivity contribution in [1.29, 1.82) is 0 Å². The van der Waals surface area contributed by atoms with Gasteiger partial charge in [-0.25, -0.2) is 0 Å². The molecule has 10 atom stereocenters. The zero-order valence-electron chi connectivity index (χ0n) is 44.2. The van der Waals surface area contributed by atoms with Gasteiger partial charge in [0.05, 0.1) is 30.9 Å². The van der Waals surface area contributed by atoms with Crippen LogP contribution in [0.15, 0.2) is 84.1 Å². The average molecular weight is 1080 g/mol. The van der Waals surface area contributed by atoms with Crippen molar-refractivity contribution in [2.24, 2.45) is 23.5 Å². The molecule has 1 spiro atoms. The minimum Gasteiger partial charge on any atom is -0.508 e. The Morgan fingerprint density at radius 1 is 1.01 bits per heavy atom. The highest BCUT2D eigenvalue weighted by Gasteiger charge is 2.53. The van der Waals surface area contributed by atoms with Gasteiger partial charge >= 0.3 is 5.97 Å². The Morgan fingerprint density at radius 3 is 2.73 bits per heavy atom. The lowest BCUT2D eigenvalue weighted by Crippen LogP contribution is -2.49. The number of aromatic hydroxyl groups is 2. The topological polar surface area (TPSA) is 177 Å². The number of esters is 1. The van der Waals surface area contributed by atoms with Gasteiger partial charge in [0.15, 0.2) is 11.5 Å². The molecule has 12 nitrogen and oxygen atoms in total. The summed E-state index contributed by atoms with van der Waals surface area (Å²) in [5.74, 6) is 11.4. The van der Waals surface area contributed by atoms with Crippen LogP contribution in [0.3, 0.4) is 0 Å². The number of dihydropyridines is 1. The second-order valence-corrected chi connectivity index (χ2v) is 25.2. The van der Waals surface area contributed by atoms with Crippen LogP contribution in [0.1, 0.15) is 121 Å². The molecule has 3 aliphatic carbocycles. The number of methoxy groups -OCH3 is 1. The highest BCUT2D eigenvalue weighted by atomic mass is 33.1. The first-order valence-corrected chi connectivity index (χ1v) is 30.5. The lowest BCUT2D eigenvalue weighted by molar-refractivity contribution is -0.141. The van der Waals surface area contributed by atoms with Crippen LogP contribution in [0.4, 0.5) is 0 Å². The number of aryl methyl sites for hydroxylation is 1. The van der Waals surface area contributed by atoms with Crippen molar-refractivity contribution in [2.75, 3.05) is 38.4 Å². The summed E-state index contributed by atoms with van der Waals surface area (Å²) in [4.78, 5) is 13.1. The summed E-state index contributed by atoms with van der Waals surface area (Å²) in [6, 6.07) is 18.9. The first-order valence-electron chi connectivity index (χ1n) is 28.0. The predicted octanol–water partition coefficient (Wildman–Crippen LogP) is 9.81. The Kier molecular flexibility index (Phi) is 15.1. The highest BCUT2D eigenvalue weighted by molar-refractivity contribution is 8.76. The molecule has 4 aromatic carbocycles. The molecule has 1 unspecified atom stereocenters. The van der Waals surface area contributed by atoms with Crippen molar-refractivity contribution in [1.82, 2.24) is 16.0 Å². The number of phenolic OH excluding ortho intramolecular Hbond substituents is 2. The lowest BCUT2D eigenvalue weighted by atomic mass is 9.64. The molecule has 6 bridgehead atoms. The molecule has 2 saturated carbocycles. The molecule has 0 amide bonds. The summed E-state index contributed by atoms with van der Waals surface area (Å²) in [6.45, 7) is 2.33. The Labute approximate surface area is 460 Å². The SMILES string of the molecule is COc1cc(O)cc2c1-c1ccc3c4c1[C@]1(CC[C@@H](C1)[C@H](CCc1ccccc1)C1=C(C#CCc5c(CNCCCO)c(O)c6c(c5[C@@H](O4)[C@H]3COC(C)=O)C=C[C@@H]3N[C@H]4CCC[C@H](CSSC[C@H]3O6)C4)NC(N)C=C1)C2. The van der Waals surface area contributed by atoms with Gasteiger partial charge in [-0.3, -0.25) is 4.79 Å². The second-order valence-electron chi connectivity index (χ2n) is 22.7. The summed E-state index contributed by atoms with van der Waals surface area (Å²) in [5, 5.41) is 45.4. The number of aliphatic hydroxyl groups is 1. The number of carbonyl (C=O) groups is 1. The van der Waals surface area contributed by atoms with Crippen LogP contribution in [0, 0.1) is 29.6 Å². The van der Waals surface area contributed by atoms with Crippen molar-refractivity contribution < 1.29 is 39.1 Å². The third-order valence-electron chi connectivity index (χ3n) is 17.9. The first kappa shape index (κ1) is 52.2. The van der Waals surface area contributed by atoms with E-state index in [0.717, 1.165) is 112 Å². The van der Waals surface area contributed by atoms with E-state index in [4.69, 9.17) is 24.7 Å². The van der Waals surface area contributed by atoms with Gasteiger partial charge in [0, 0.05) is 88.9 Å². The predicted molar refractivity (Wildman–Crippen MR) is 305 cm³/mol. The first-order chi connectivity index (χ1) is 37.6. The Bertz CT molecular complexity index is 3080. The molecule has 8 N–H and O–H groups in total. The number of rotatable bonds is 11. The number of aliphatic hydroxyl groups excluding tert-OH is 1. The van der Waals surface area contributed by atoms with Gasteiger partial charge in [-0.1, -0.05) is 94.6 Å². The molecule has 1 saturated heterocycles. The fraction of sp³-hybridized carbons (Fsp3) is 0.476. The molecule has 0 radical (unpaired) electrons. The zero-order chi connectivity index (χ0) is 52.8. The maximum absolute atomic E-state index is 13.1. The molecule has 0 aromatic heterocycles. The van der Waals surface area contributed by atoms with Gasteiger partial charge in [-0.05, 0) is 134 Å². The number of ether oxygens (including phenoxy) is 4. The lowest BCUT2D eigenvalue weighted by Gasteiger charge is -2.40. The van der Waals surface area contributed by atoms with Crippen molar-refractivity contribution in [3.05, 3.63) is 129 Å². The number of fused-ring (bicyclic) bond motifs is 11. The number of hydrogen-bond acceptors (Lipinski definition) is 14. The van der Waals surface area contributed by atoms with E-state index >= 15 is 0 Å². The van der Waals surface area contributed by atoms with Crippen LogP contribution in [0.5, 0.6) is 28.7 Å². The van der Waals surface area contributed by atoms with Crippen LogP contribution in [0.2, 0.25) is 0 Å². The van der Waals surface area contributed by atoms with Crippen molar-refractivity contribution in [2.45, 2.75) is 132 Å². The number of nitrogens with one attached hydrogen (secondary N) is 3. The largest absolute Gasteiger partial charge is 0.508 e. The third kappa shape index (κ3) is 10.1. The summed E-state index contributed by atoms with van der Waals surface area (Å²) in [7, 11) is 5.44. The van der Waals surface area contributed by atoms with Gasteiger partial charge in [-0.15, -0.1) is 0 Å². The van der Waals surface area contributed by atoms with Gasteiger partial charge < -0.3 is 56.0 Å². The smallest absolute Gasteiger partial charge is 0.302 e. The third-order valence-corrected chi connectivity index (χ3v) is 20.5. The molecule has 14 heteroatoms. The number of benzene rings is 4. The van der Waals surface area contributed by atoms with Crippen molar-refractivity contribution in [3.63, 3.8) is 0 Å². The van der Waals surface area contributed by atoms with Gasteiger partial charge in [0.25, 0.3) is 0 Å². The molecule has 12 rings (SSSR count). The van der Waals surface area contributed by atoms with E-state index in [-0.39, 0.29) is 67.6 Å². The van der Waals surface area contributed by atoms with Crippen LogP contribution in [0.25, 0.3) is 17.2 Å². The van der Waals surface area contributed by atoms with E-state index in [0.29, 0.717) is 54.2 Å². The monoisotopic (exact) mass is 1080 g/mol. The molecule has 4 aromatic rings. The van der Waals surface area contributed by atoms with E-state index in [1.165, 1.54) is 25.3 Å². The maximum Gasteiger partial charge on any atom is 0.302 e. The highest BCUT2D eigenvalue weighted by Crippen LogP contribution is 2.64. The Balaban J connectivity index is 1.11. The number of hydrogen-bond donors (Lipinski definition) is 7. The molecule has 8 aliphatic rings. The fourth-order valence-electron chi connectivity index (χ4n) is 14.5. The van der Waals surface area contributed by atoms with Gasteiger partial charge in [0.1, 0.15) is 36.1 Å². The van der Waals surface area contributed by atoms with E-state index in [2.05, 4.69) is 94.6 Å². The van der Waals surface area contributed by atoms with Crippen LogP contribution in [-0.2, 0) is 40.8 Å². The van der Waals surface area contributed by atoms with E-state index in [1.54, 1.807) is 13.2 Å². The van der Waals surface area contributed by atoms with E-state index < -0.39 is 23.6 Å². The molecule has 3 fully saturated rings. The number of carbonyl (C=O) groups excluding carboxylic acids is 1. The average Bonchev–Trinajstić information content (AvgIpc) is 4.22. The van der Waals surface area contributed by atoms with Crippen LogP contribution in [-0.4, -0.2) is 84.0 Å². The van der Waals surface area contributed by atoms with Crippen LogP contribution >= 0.6 is 21.6 Å². The summed E-state index contributed by atoms with van der Waals surface area (Å²) in [5.41, 5.74) is 17.7.